The average molecular weight is 421 g/mol. The molecule has 4 rings (SSSR count). The summed E-state index contributed by atoms with van der Waals surface area (Å²) >= 11 is 0. The standard InChI is InChI=1S/C24H27N3O4/c1-15-19(16(2)31-26-15)7-8-21-20-13-23(30-4)22(29-3)12-17(20)9-11-27(21)24(28)18-6-5-10-25-14-18/h5-6,10,12-14,21H,7-9,11H2,1-4H3. The molecule has 0 aliphatic carbocycles. The molecule has 1 aliphatic rings. The Labute approximate surface area is 182 Å². The van der Waals surface area contributed by atoms with Crippen molar-refractivity contribution in [3.8, 4) is 11.5 Å². The number of hydrogen-bond acceptors (Lipinski definition) is 6. The quantitative estimate of drug-likeness (QED) is 0.597. The summed E-state index contributed by atoms with van der Waals surface area (Å²) in [5.74, 6) is 2.18. The Morgan fingerprint density at radius 1 is 1.23 bits per heavy atom. The number of carbonyl (C=O) groups excluding carboxylic acids is 1. The summed E-state index contributed by atoms with van der Waals surface area (Å²) in [6.07, 6.45) is 5.56. The summed E-state index contributed by atoms with van der Waals surface area (Å²) < 4.78 is 16.4. The van der Waals surface area contributed by atoms with E-state index in [0.717, 1.165) is 41.8 Å². The minimum Gasteiger partial charge on any atom is -0.493 e. The lowest BCUT2D eigenvalue weighted by molar-refractivity contribution is 0.0649. The van der Waals surface area contributed by atoms with Crippen LogP contribution in [-0.2, 0) is 12.8 Å². The molecule has 1 atom stereocenters. The molecule has 0 fully saturated rings. The van der Waals surface area contributed by atoms with E-state index < -0.39 is 0 Å². The topological polar surface area (TPSA) is 77.7 Å². The van der Waals surface area contributed by atoms with Gasteiger partial charge in [0.1, 0.15) is 5.76 Å². The Morgan fingerprint density at radius 2 is 2.00 bits per heavy atom. The second-order valence-electron chi connectivity index (χ2n) is 7.75. The second kappa shape index (κ2) is 8.79. The highest BCUT2D eigenvalue weighted by Crippen LogP contribution is 2.40. The number of hydrogen-bond donors (Lipinski definition) is 0. The lowest BCUT2D eigenvalue weighted by atomic mass is 9.87. The van der Waals surface area contributed by atoms with Crippen LogP contribution in [0.2, 0.25) is 0 Å². The van der Waals surface area contributed by atoms with E-state index in [0.29, 0.717) is 23.6 Å². The molecule has 0 N–H and O–H groups in total. The number of carbonyl (C=O) groups is 1. The number of fused-ring (bicyclic) bond motifs is 1. The van der Waals surface area contributed by atoms with Crippen molar-refractivity contribution in [2.24, 2.45) is 0 Å². The van der Waals surface area contributed by atoms with Crippen molar-refractivity contribution in [3.63, 3.8) is 0 Å². The lowest BCUT2D eigenvalue weighted by Gasteiger charge is -2.38. The van der Waals surface area contributed by atoms with Crippen LogP contribution in [0.25, 0.3) is 0 Å². The SMILES string of the molecule is COc1cc2c(cc1OC)C(CCc1c(C)noc1C)N(C(=O)c1cccnc1)CC2. The van der Waals surface area contributed by atoms with Gasteiger partial charge in [0.05, 0.1) is 31.5 Å². The molecule has 31 heavy (non-hydrogen) atoms. The Balaban J connectivity index is 1.72. The molecular weight excluding hydrogens is 394 g/mol. The smallest absolute Gasteiger partial charge is 0.255 e. The maximum atomic E-state index is 13.4. The van der Waals surface area contributed by atoms with Crippen molar-refractivity contribution in [1.82, 2.24) is 15.0 Å². The third kappa shape index (κ3) is 4.00. The number of methoxy groups -OCH3 is 2. The van der Waals surface area contributed by atoms with Crippen LogP contribution in [0.4, 0.5) is 0 Å². The first kappa shape index (κ1) is 20.9. The minimum atomic E-state index is -0.107. The molecule has 2 aromatic heterocycles. The summed E-state index contributed by atoms with van der Waals surface area (Å²) in [5, 5.41) is 4.08. The number of ether oxygens (including phenoxy) is 2. The molecule has 0 bridgehead atoms. The number of amides is 1. The Bertz CT molecular complexity index is 1060. The number of benzene rings is 1. The van der Waals surface area contributed by atoms with E-state index in [1.165, 1.54) is 5.56 Å². The van der Waals surface area contributed by atoms with Gasteiger partial charge in [-0.3, -0.25) is 9.78 Å². The summed E-state index contributed by atoms with van der Waals surface area (Å²) in [4.78, 5) is 19.5. The molecule has 3 aromatic rings. The van der Waals surface area contributed by atoms with Crippen LogP contribution >= 0.6 is 0 Å². The molecule has 162 valence electrons. The van der Waals surface area contributed by atoms with Crippen molar-refractivity contribution in [3.05, 3.63) is 70.4 Å². The normalized spacial score (nSPS) is 15.5. The molecule has 1 aliphatic heterocycles. The predicted molar refractivity (Wildman–Crippen MR) is 116 cm³/mol. The molecule has 0 saturated heterocycles. The maximum absolute atomic E-state index is 13.4. The van der Waals surface area contributed by atoms with Crippen molar-refractivity contribution in [2.45, 2.75) is 39.2 Å². The fourth-order valence-corrected chi connectivity index (χ4v) is 4.38. The zero-order chi connectivity index (χ0) is 22.0. The summed E-state index contributed by atoms with van der Waals surface area (Å²) in [5.41, 5.74) is 4.85. The summed E-state index contributed by atoms with van der Waals surface area (Å²) in [6, 6.07) is 7.53. The van der Waals surface area contributed by atoms with Crippen LogP contribution in [0.3, 0.4) is 0 Å². The Morgan fingerprint density at radius 3 is 2.65 bits per heavy atom. The van der Waals surface area contributed by atoms with Gasteiger partial charge in [0.2, 0.25) is 0 Å². The number of rotatable bonds is 6. The Hall–Kier alpha value is -3.35. The van der Waals surface area contributed by atoms with Crippen LogP contribution in [0.1, 0.15) is 51.0 Å². The average Bonchev–Trinajstić information content (AvgIpc) is 3.13. The zero-order valence-corrected chi connectivity index (χ0v) is 18.3. The van der Waals surface area contributed by atoms with Crippen LogP contribution < -0.4 is 9.47 Å². The van der Waals surface area contributed by atoms with Gasteiger partial charge >= 0.3 is 0 Å². The zero-order valence-electron chi connectivity index (χ0n) is 18.3. The van der Waals surface area contributed by atoms with Crippen molar-refractivity contribution >= 4 is 5.91 Å². The number of aromatic nitrogens is 2. The monoisotopic (exact) mass is 421 g/mol. The first-order valence-electron chi connectivity index (χ1n) is 10.4. The highest BCUT2D eigenvalue weighted by atomic mass is 16.5. The van der Waals surface area contributed by atoms with Gasteiger partial charge in [0, 0.05) is 24.5 Å². The molecule has 1 aromatic carbocycles. The highest BCUT2D eigenvalue weighted by molar-refractivity contribution is 5.94. The molecule has 3 heterocycles. The van der Waals surface area contributed by atoms with Gasteiger partial charge in [-0.1, -0.05) is 5.16 Å². The molecule has 1 unspecified atom stereocenters. The van der Waals surface area contributed by atoms with Crippen molar-refractivity contribution in [2.75, 3.05) is 20.8 Å². The van der Waals surface area contributed by atoms with Crippen molar-refractivity contribution < 1.29 is 18.8 Å². The first-order chi connectivity index (χ1) is 15.0. The molecule has 0 saturated carbocycles. The third-order valence-corrected chi connectivity index (χ3v) is 6.02. The van der Waals surface area contributed by atoms with Crippen molar-refractivity contribution in [1.29, 1.82) is 0 Å². The fraction of sp³-hybridized carbons (Fsp3) is 0.375. The van der Waals surface area contributed by atoms with E-state index in [4.69, 9.17) is 14.0 Å². The van der Waals surface area contributed by atoms with E-state index in [1.807, 2.05) is 36.9 Å². The molecule has 7 heteroatoms. The van der Waals surface area contributed by atoms with E-state index >= 15 is 0 Å². The van der Waals surface area contributed by atoms with E-state index in [-0.39, 0.29) is 11.9 Å². The maximum Gasteiger partial charge on any atom is 0.255 e. The van der Waals surface area contributed by atoms with Gasteiger partial charge in [-0.2, -0.15) is 0 Å². The fourth-order valence-electron chi connectivity index (χ4n) is 4.38. The van der Waals surface area contributed by atoms with E-state index in [9.17, 15) is 4.79 Å². The van der Waals surface area contributed by atoms with Gasteiger partial charge in [-0.15, -0.1) is 0 Å². The van der Waals surface area contributed by atoms with E-state index in [2.05, 4.69) is 10.1 Å². The van der Waals surface area contributed by atoms with Gasteiger partial charge in [0.25, 0.3) is 5.91 Å². The van der Waals surface area contributed by atoms with Crippen LogP contribution in [0, 0.1) is 13.8 Å². The van der Waals surface area contributed by atoms with Crippen LogP contribution in [0.5, 0.6) is 11.5 Å². The van der Waals surface area contributed by atoms with Crippen LogP contribution in [-0.4, -0.2) is 41.7 Å². The molecule has 1 amide bonds. The predicted octanol–water partition coefficient (Wildman–Crippen LogP) is 4.08. The summed E-state index contributed by atoms with van der Waals surface area (Å²) in [7, 11) is 3.27. The largest absolute Gasteiger partial charge is 0.493 e. The molecular formula is C24H27N3O4. The molecule has 7 nitrogen and oxygen atoms in total. The van der Waals surface area contributed by atoms with Crippen LogP contribution in [0.15, 0.2) is 41.2 Å². The van der Waals surface area contributed by atoms with E-state index in [1.54, 1.807) is 32.7 Å². The number of nitrogens with zero attached hydrogens (tertiary/aromatic N) is 3. The van der Waals surface area contributed by atoms with Gasteiger partial charge in [-0.05, 0) is 68.5 Å². The number of pyridine rings is 1. The highest BCUT2D eigenvalue weighted by Gasteiger charge is 2.33. The molecule has 0 spiro atoms. The minimum absolute atomic E-state index is 0.0164. The third-order valence-electron chi connectivity index (χ3n) is 6.02. The van der Waals surface area contributed by atoms with Gasteiger partial charge < -0.3 is 18.9 Å². The van der Waals surface area contributed by atoms with Gasteiger partial charge in [0.15, 0.2) is 11.5 Å². The summed E-state index contributed by atoms with van der Waals surface area (Å²) in [6.45, 7) is 4.51. The second-order valence-corrected chi connectivity index (χ2v) is 7.75. The lowest BCUT2D eigenvalue weighted by Crippen LogP contribution is -2.40. The number of aryl methyl sites for hydroxylation is 2. The van der Waals surface area contributed by atoms with Gasteiger partial charge in [-0.25, -0.2) is 0 Å². The Kier molecular flexibility index (Phi) is 5.93. The first-order valence-corrected chi connectivity index (χ1v) is 10.4. The molecule has 0 radical (unpaired) electrons.